The minimum absolute atomic E-state index is 0. The smallest absolute Gasteiger partial charge is 0.260 e. The molecule has 0 spiro atoms. The highest BCUT2D eigenvalue weighted by molar-refractivity contribution is 6.58. The third-order valence-corrected chi connectivity index (χ3v) is 5.88. The van der Waals surface area contributed by atoms with Gasteiger partial charge in [0, 0.05) is 27.5 Å². The maximum atomic E-state index is 12.3. The number of carbonyl (C=O) groups excluding carboxylic acids is 1. The van der Waals surface area contributed by atoms with E-state index < -0.39 is 0 Å². The van der Waals surface area contributed by atoms with Crippen molar-refractivity contribution in [2.45, 2.75) is 18.9 Å². The maximum Gasteiger partial charge on any atom is 0.260 e. The van der Waals surface area contributed by atoms with Crippen molar-refractivity contribution in [3.8, 4) is 5.88 Å². The molecule has 5 rings (SSSR count). The zero-order valence-corrected chi connectivity index (χ0v) is 19.2. The van der Waals surface area contributed by atoms with Gasteiger partial charge in [0.1, 0.15) is 11.4 Å². The van der Waals surface area contributed by atoms with Crippen LogP contribution >= 0.6 is 24.0 Å². The number of fused-ring (bicyclic) bond motifs is 2. The molecule has 10 heteroatoms. The Hall–Kier alpha value is -3.07. The molecule has 1 fully saturated rings. The number of rotatable bonds is 5. The third-order valence-electron chi connectivity index (χ3n) is 5.65. The number of aromatic hydroxyl groups is 1. The Morgan fingerprint density at radius 3 is 2.85 bits per heavy atom. The maximum absolute atomic E-state index is 12.3. The average Bonchev–Trinajstić information content (AvgIpc) is 3.30. The van der Waals surface area contributed by atoms with Crippen LogP contribution in [0, 0.1) is 0 Å². The second-order valence-electron chi connectivity index (χ2n) is 7.82. The van der Waals surface area contributed by atoms with Crippen LogP contribution in [-0.2, 0) is 9.63 Å². The fourth-order valence-electron chi connectivity index (χ4n) is 4.12. The van der Waals surface area contributed by atoms with E-state index in [0.29, 0.717) is 27.7 Å². The van der Waals surface area contributed by atoms with E-state index in [-0.39, 0.29) is 36.8 Å². The normalized spacial score (nSPS) is 16.9. The van der Waals surface area contributed by atoms with Crippen LogP contribution in [0.3, 0.4) is 0 Å². The number of amides is 1. The van der Waals surface area contributed by atoms with Gasteiger partial charge < -0.3 is 25.6 Å². The molecule has 172 valence electrons. The number of piperidine rings is 1. The molecule has 3 aromatic rings. The number of halogens is 2. The zero-order valence-electron chi connectivity index (χ0n) is 17.6. The highest BCUT2D eigenvalue weighted by Gasteiger charge is 2.29. The predicted octanol–water partition coefficient (Wildman–Crippen LogP) is 3.67. The summed E-state index contributed by atoms with van der Waals surface area (Å²) in [7, 11) is 0. The molecule has 2 aliphatic heterocycles. The first-order chi connectivity index (χ1) is 15.6. The summed E-state index contributed by atoms with van der Waals surface area (Å²) in [5.41, 5.74) is 3.58. The molecule has 33 heavy (non-hydrogen) atoms. The summed E-state index contributed by atoms with van der Waals surface area (Å²) in [6.07, 6.45) is 1.79. The quantitative estimate of drug-likeness (QED) is 0.411. The molecule has 4 N–H and O–H groups in total. The van der Waals surface area contributed by atoms with Crippen LogP contribution in [0.4, 0.5) is 5.69 Å². The van der Waals surface area contributed by atoms with Crippen LogP contribution in [0.1, 0.15) is 24.0 Å². The van der Waals surface area contributed by atoms with Gasteiger partial charge in [0.15, 0.2) is 12.5 Å². The lowest BCUT2D eigenvalue weighted by molar-refractivity contribution is -0.126. The van der Waals surface area contributed by atoms with E-state index in [2.05, 4.69) is 25.8 Å². The van der Waals surface area contributed by atoms with E-state index in [1.807, 2.05) is 24.3 Å². The molecule has 3 heterocycles. The number of carbonyl (C=O) groups is 1. The fraction of sp³-hybridized carbons (Fsp3) is 0.261. The average molecular weight is 488 g/mol. The second kappa shape index (κ2) is 9.82. The number of hydrogen-bond donors (Lipinski definition) is 4. The number of para-hydroxylation sites is 1. The van der Waals surface area contributed by atoms with Crippen molar-refractivity contribution in [1.29, 1.82) is 0 Å². The van der Waals surface area contributed by atoms with E-state index in [1.165, 1.54) is 0 Å². The predicted molar refractivity (Wildman–Crippen MR) is 131 cm³/mol. The Labute approximate surface area is 201 Å². The molecule has 2 aliphatic rings. The Morgan fingerprint density at radius 1 is 1.24 bits per heavy atom. The first-order valence-corrected chi connectivity index (χ1v) is 10.9. The van der Waals surface area contributed by atoms with Gasteiger partial charge >= 0.3 is 0 Å². The number of hydrogen-bond acceptors (Lipinski definition) is 6. The van der Waals surface area contributed by atoms with Gasteiger partial charge in [-0.3, -0.25) is 4.79 Å². The standard InChI is InChI=1S/C23H22ClN5O3.ClH/c24-13-5-6-18-16(11-13)20(23(31)28-18)22-21(15-3-1-2-4-17(15)27-22)29-32-12-19(30)26-14-7-9-25-10-8-14;/h1-6,11,14,25,28,31H,7-10,12H2,(H,26,30);1H/b29-21+;. The summed E-state index contributed by atoms with van der Waals surface area (Å²) in [5.74, 6) is -0.252. The van der Waals surface area contributed by atoms with Crippen LogP contribution in [0.25, 0.3) is 10.9 Å². The van der Waals surface area contributed by atoms with Crippen LogP contribution in [0.15, 0.2) is 52.6 Å². The lowest BCUT2D eigenvalue weighted by Crippen LogP contribution is -2.43. The van der Waals surface area contributed by atoms with Crippen molar-refractivity contribution in [2.75, 3.05) is 19.7 Å². The van der Waals surface area contributed by atoms with Crippen molar-refractivity contribution < 1.29 is 14.7 Å². The molecule has 0 aliphatic carbocycles. The van der Waals surface area contributed by atoms with Gasteiger partial charge in [-0.1, -0.05) is 35.0 Å². The molecule has 0 saturated carbocycles. The van der Waals surface area contributed by atoms with Gasteiger partial charge in [-0.05, 0) is 50.2 Å². The third kappa shape index (κ3) is 4.68. The summed E-state index contributed by atoms with van der Waals surface area (Å²) < 4.78 is 0. The minimum Gasteiger partial charge on any atom is -0.494 e. The number of benzene rings is 2. The van der Waals surface area contributed by atoms with Crippen molar-refractivity contribution in [1.82, 2.24) is 15.6 Å². The number of H-pyrrole nitrogens is 1. The van der Waals surface area contributed by atoms with Gasteiger partial charge in [-0.2, -0.15) is 0 Å². The first-order valence-electron chi connectivity index (χ1n) is 10.5. The molecule has 0 radical (unpaired) electrons. The topological polar surface area (TPSA) is 111 Å². The fourth-order valence-corrected chi connectivity index (χ4v) is 4.29. The van der Waals surface area contributed by atoms with Gasteiger partial charge in [-0.15, -0.1) is 12.4 Å². The number of oxime groups is 1. The molecule has 1 amide bonds. The molecule has 0 atom stereocenters. The molecule has 2 aromatic carbocycles. The number of nitrogens with one attached hydrogen (secondary N) is 3. The van der Waals surface area contributed by atoms with Crippen molar-refractivity contribution >= 4 is 57.9 Å². The monoisotopic (exact) mass is 487 g/mol. The van der Waals surface area contributed by atoms with E-state index in [4.69, 9.17) is 16.4 Å². The lowest BCUT2D eigenvalue weighted by atomic mass is 10.0. The molecular weight excluding hydrogens is 465 g/mol. The Bertz CT molecular complexity index is 1250. The molecule has 1 aromatic heterocycles. The van der Waals surface area contributed by atoms with Gasteiger partial charge in [-0.25, -0.2) is 4.99 Å². The van der Waals surface area contributed by atoms with E-state index in [1.54, 1.807) is 18.2 Å². The minimum atomic E-state index is -0.215. The highest BCUT2D eigenvalue weighted by Crippen LogP contribution is 2.36. The van der Waals surface area contributed by atoms with Crippen molar-refractivity contribution in [3.05, 3.63) is 58.6 Å². The SMILES string of the molecule is Cl.O=C(CO/N=C1/C(c2c(O)[nH]c3ccc(Cl)cc23)=Nc2ccccc21)NC1CCNCC1. The van der Waals surface area contributed by atoms with Gasteiger partial charge in [0.05, 0.1) is 11.3 Å². The molecule has 1 saturated heterocycles. The van der Waals surface area contributed by atoms with E-state index in [9.17, 15) is 9.90 Å². The first kappa shape index (κ1) is 23.1. The number of aliphatic imine (C=N–C) groups is 1. The van der Waals surface area contributed by atoms with E-state index in [0.717, 1.165) is 42.4 Å². The van der Waals surface area contributed by atoms with Gasteiger partial charge in [0.25, 0.3) is 5.91 Å². The number of aromatic amines is 1. The summed E-state index contributed by atoms with van der Waals surface area (Å²) in [6.45, 7) is 1.58. The number of nitrogens with zero attached hydrogens (tertiary/aromatic N) is 2. The molecule has 0 bridgehead atoms. The Morgan fingerprint density at radius 2 is 2.03 bits per heavy atom. The van der Waals surface area contributed by atoms with Crippen LogP contribution in [-0.4, -0.2) is 53.2 Å². The van der Waals surface area contributed by atoms with Crippen LogP contribution in [0.5, 0.6) is 5.88 Å². The molecular formula is C23H23Cl2N5O3. The summed E-state index contributed by atoms with van der Waals surface area (Å²) >= 11 is 6.19. The Balaban J connectivity index is 0.00000259. The van der Waals surface area contributed by atoms with Crippen LogP contribution in [0.2, 0.25) is 5.02 Å². The van der Waals surface area contributed by atoms with Crippen LogP contribution < -0.4 is 10.6 Å². The zero-order chi connectivity index (χ0) is 22.1. The molecule has 8 nitrogen and oxygen atoms in total. The van der Waals surface area contributed by atoms with E-state index >= 15 is 0 Å². The van der Waals surface area contributed by atoms with Gasteiger partial charge in [0.2, 0.25) is 0 Å². The van der Waals surface area contributed by atoms with Crippen molar-refractivity contribution in [3.63, 3.8) is 0 Å². The van der Waals surface area contributed by atoms with Crippen molar-refractivity contribution in [2.24, 2.45) is 10.1 Å². The largest absolute Gasteiger partial charge is 0.494 e. The summed E-state index contributed by atoms with van der Waals surface area (Å²) in [5, 5.41) is 22.4. The Kier molecular flexibility index (Phi) is 6.88. The highest BCUT2D eigenvalue weighted by atomic mass is 35.5. The summed E-state index contributed by atoms with van der Waals surface area (Å²) in [6, 6.07) is 12.9. The lowest BCUT2D eigenvalue weighted by Gasteiger charge is -2.23. The number of aromatic nitrogens is 1. The second-order valence-corrected chi connectivity index (χ2v) is 8.26. The molecule has 0 unspecified atom stereocenters. The summed E-state index contributed by atoms with van der Waals surface area (Å²) in [4.78, 5) is 25.4.